The monoisotopic (exact) mass is 472 g/mol. The fourth-order valence-electron chi connectivity index (χ4n) is 3.25. The van der Waals surface area contributed by atoms with Crippen LogP contribution in [0.25, 0.3) is 0 Å². The van der Waals surface area contributed by atoms with Crippen LogP contribution >= 0.6 is 0 Å². The molecular weight excluding hydrogens is 444 g/mol. The number of rotatable bonds is 9. The maximum absolute atomic E-state index is 13.0. The number of aliphatic hydroxyl groups excluding tert-OH is 3. The Labute approximate surface area is 185 Å². The minimum atomic E-state index is -4.18. The van der Waals surface area contributed by atoms with E-state index in [0.717, 1.165) is 18.6 Å². The third-order valence-corrected chi connectivity index (χ3v) is 6.46. The van der Waals surface area contributed by atoms with Gasteiger partial charge in [0.15, 0.2) is 0 Å². The molecular formula is C20H28N2O9S. The van der Waals surface area contributed by atoms with Crippen molar-refractivity contribution in [1.82, 2.24) is 10.0 Å². The topological polar surface area (TPSA) is 182 Å². The minimum absolute atomic E-state index is 0.0901. The molecule has 32 heavy (non-hydrogen) atoms. The van der Waals surface area contributed by atoms with E-state index in [1.54, 1.807) is 12.1 Å². The van der Waals surface area contributed by atoms with Gasteiger partial charge in [0.25, 0.3) is 0 Å². The van der Waals surface area contributed by atoms with E-state index in [9.17, 15) is 33.3 Å². The molecule has 6 N–H and O–H groups in total. The van der Waals surface area contributed by atoms with Crippen molar-refractivity contribution in [2.75, 3.05) is 6.61 Å². The van der Waals surface area contributed by atoms with Crippen LogP contribution in [0.3, 0.4) is 0 Å². The summed E-state index contributed by atoms with van der Waals surface area (Å²) in [6.45, 7) is 4.16. The number of hydrogen-bond donors (Lipinski definition) is 6. The summed E-state index contributed by atoms with van der Waals surface area (Å²) in [7, 11) is -4.18. The van der Waals surface area contributed by atoms with Crippen LogP contribution in [0.5, 0.6) is 0 Å². The van der Waals surface area contributed by atoms with Gasteiger partial charge < -0.3 is 30.5 Å². The van der Waals surface area contributed by atoms with Crippen LogP contribution in [0.2, 0.25) is 0 Å². The average Bonchev–Trinajstić information content (AvgIpc) is 2.73. The fraction of sp³-hybridized carbons (Fsp3) is 0.500. The van der Waals surface area contributed by atoms with Crippen molar-refractivity contribution in [3.63, 3.8) is 0 Å². The van der Waals surface area contributed by atoms with Gasteiger partial charge in [0.2, 0.25) is 21.7 Å². The van der Waals surface area contributed by atoms with Crippen molar-refractivity contribution < 1.29 is 43.2 Å². The highest BCUT2D eigenvalue weighted by Gasteiger charge is 2.44. The van der Waals surface area contributed by atoms with Gasteiger partial charge in [-0.05, 0) is 29.7 Å². The second-order valence-corrected chi connectivity index (χ2v) is 9.47. The number of carbonyl (C=O) groups excluding carboxylic acids is 1. The first kappa shape index (κ1) is 25.7. The molecule has 0 saturated heterocycles. The van der Waals surface area contributed by atoms with E-state index in [1.807, 2.05) is 13.8 Å². The summed E-state index contributed by atoms with van der Waals surface area (Å²) in [5.41, 5.74) is 0.917. The van der Waals surface area contributed by atoms with E-state index in [4.69, 9.17) is 9.84 Å². The molecule has 2 rings (SSSR count). The highest BCUT2D eigenvalue weighted by Crippen LogP contribution is 2.25. The van der Waals surface area contributed by atoms with E-state index in [0.29, 0.717) is 0 Å². The molecule has 1 aromatic carbocycles. The van der Waals surface area contributed by atoms with Crippen LogP contribution in [0, 0.1) is 0 Å². The Balaban J connectivity index is 2.46. The Morgan fingerprint density at radius 1 is 1.16 bits per heavy atom. The van der Waals surface area contributed by atoms with E-state index in [-0.39, 0.29) is 10.8 Å². The van der Waals surface area contributed by atoms with Gasteiger partial charge in [-0.15, -0.1) is 0 Å². The predicted molar refractivity (Wildman–Crippen MR) is 112 cm³/mol. The fourth-order valence-corrected chi connectivity index (χ4v) is 4.46. The van der Waals surface area contributed by atoms with E-state index in [2.05, 4.69) is 10.0 Å². The maximum Gasteiger partial charge on any atom is 0.370 e. The first-order valence-corrected chi connectivity index (χ1v) is 11.3. The number of carboxylic acid groups (broad SMARTS) is 1. The van der Waals surface area contributed by atoms with Crippen molar-refractivity contribution in [1.29, 1.82) is 0 Å². The smallest absolute Gasteiger partial charge is 0.370 e. The summed E-state index contributed by atoms with van der Waals surface area (Å²) in [4.78, 5) is 23.2. The van der Waals surface area contributed by atoms with Gasteiger partial charge in [-0.25, -0.2) is 17.9 Å². The van der Waals surface area contributed by atoms with Gasteiger partial charge in [0.05, 0.1) is 23.6 Å². The van der Waals surface area contributed by atoms with E-state index in [1.165, 1.54) is 12.1 Å². The van der Waals surface area contributed by atoms with Crippen LogP contribution in [0.15, 0.2) is 41.0 Å². The van der Waals surface area contributed by atoms with Crippen molar-refractivity contribution in [3.05, 3.63) is 41.7 Å². The lowest BCUT2D eigenvalue weighted by Crippen LogP contribution is -2.63. The number of carboxylic acids is 1. The lowest BCUT2D eigenvalue weighted by atomic mass is 9.92. The summed E-state index contributed by atoms with van der Waals surface area (Å²) in [6.07, 6.45) is -4.19. The molecule has 0 spiro atoms. The molecule has 0 fully saturated rings. The number of nitrogens with one attached hydrogen (secondary N) is 2. The number of carbonyl (C=O) groups is 2. The minimum Gasteiger partial charge on any atom is -0.478 e. The largest absolute Gasteiger partial charge is 0.478 e. The zero-order valence-corrected chi connectivity index (χ0v) is 18.6. The van der Waals surface area contributed by atoms with Gasteiger partial charge in [-0.1, -0.05) is 26.0 Å². The SMILES string of the molecule is CC(=O)N[C@H]1[C@H]([C@H](O)[C@H](O)CO)OC(C(=O)O)=C[C@@H]1NS(=O)(=O)c1ccc(C(C)C)cc1. The Kier molecular flexibility index (Phi) is 8.37. The third kappa shape index (κ3) is 6.04. The second-order valence-electron chi connectivity index (χ2n) is 7.76. The Morgan fingerprint density at radius 3 is 2.22 bits per heavy atom. The zero-order chi connectivity index (χ0) is 24.2. The number of amides is 1. The van der Waals surface area contributed by atoms with Gasteiger partial charge in [-0.2, -0.15) is 0 Å². The zero-order valence-electron chi connectivity index (χ0n) is 17.8. The molecule has 5 atom stereocenters. The highest BCUT2D eigenvalue weighted by molar-refractivity contribution is 7.89. The van der Waals surface area contributed by atoms with Crippen LogP contribution in [0.4, 0.5) is 0 Å². The third-order valence-electron chi connectivity index (χ3n) is 4.98. The number of hydrogen-bond acceptors (Lipinski definition) is 8. The second kappa shape index (κ2) is 10.4. The Bertz CT molecular complexity index is 960. The van der Waals surface area contributed by atoms with Gasteiger partial charge in [0.1, 0.15) is 18.3 Å². The first-order chi connectivity index (χ1) is 14.9. The molecule has 0 aliphatic carbocycles. The highest BCUT2D eigenvalue weighted by atomic mass is 32.2. The van der Waals surface area contributed by atoms with Crippen molar-refractivity contribution in [2.24, 2.45) is 0 Å². The molecule has 1 amide bonds. The molecule has 1 aromatic rings. The number of ether oxygens (including phenoxy) is 1. The average molecular weight is 473 g/mol. The van der Waals surface area contributed by atoms with Crippen LogP contribution in [-0.4, -0.2) is 77.7 Å². The quantitative estimate of drug-likeness (QED) is 0.264. The van der Waals surface area contributed by atoms with Crippen molar-refractivity contribution >= 4 is 21.9 Å². The van der Waals surface area contributed by atoms with E-state index < -0.39 is 64.7 Å². The normalized spacial score (nSPS) is 23.1. The number of aliphatic hydroxyl groups is 3. The van der Waals surface area contributed by atoms with Crippen molar-refractivity contribution in [3.8, 4) is 0 Å². The number of sulfonamides is 1. The molecule has 0 saturated carbocycles. The van der Waals surface area contributed by atoms with Crippen molar-refractivity contribution in [2.45, 2.75) is 62.0 Å². The number of aliphatic carboxylic acids is 1. The van der Waals surface area contributed by atoms with Gasteiger partial charge in [0, 0.05) is 6.92 Å². The van der Waals surface area contributed by atoms with Crippen LogP contribution in [0.1, 0.15) is 32.3 Å². The Hall–Kier alpha value is -2.51. The molecule has 11 nitrogen and oxygen atoms in total. The summed E-state index contributed by atoms with van der Waals surface area (Å²) in [5, 5.41) is 41.1. The molecule has 1 heterocycles. The first-order valence-electron chi connectivity index (χ1n) is 9.85. The molecule has 0 radical (unpaired) electrons. The van der Waals surface area contributed by atoms with Gasteiger partial charge >= 0.3 is 5.97 Å². The molecule has 1 aliphatic heterocycles. The van der Waals surface area contributed by atoms with Gasteiger partial charge in [-0.3, -0.25) is 4.79 Å². The predicted octanol–water partition coefficient (Wildman–Crippen LogP) is -0.957. The molecule has 0 aromatic heterocycles. The lowest BCUT2D eigenvalue weighted by Gasteiger charge is -2.39. The number of benzene rings is 1. The molecule has 178 valence electrons. The molecule has 1 aliphatic rings. The summed E-state index contributed by atoms with van der Waals surface area (Å²) in [5.74, 6) is -2.68. The Morgan fingerprint density at radius 2 is 1.75 bits per heavy atom. The lowest BCUT2D eigenvalue weighted by molar-refractivity contribution is -0.146. The maximum atomic E-state index is 13.0. The van der Waals surface area contributed by atoms with E-state index >= 15 is 0 Å². The summed E-state index contributed by atoms with van der Waals surface area (Å²) < 4.78 is 33.5. The van der Waals surface area contributed by atoms with Crippen LogP contribution < -0.4 is 10.0 Å². The molecule has 0 unspecified atom stereocenters. The summed E-state index contributed by atoms with van der Waals surface area (Å²) in [6, 6.07) is 3.45. The van der Waals surface area contributed by atoms with Crippen LogP contribution in [-0.2, 0) is 24.3 Å². The molecule has 0 bridgehead atoms. The standard InChI is InChI=1S/C20H28N2O9S/c1-10(2)12-4-6-13(7-5-12)32(29,30)22-14-8-16(20(27)28)31-19(17(14)21-11(3)24)18(26)15(25)9-23/h4-8,10,14-15,17-19,22-23,25-26H,9H2,1-3H3,(H,21,24)(H,27,28)/t14-,15+,17+,18+,19+/m0/s1. The summed E-state index contributed by atoms with van der Waals surface area (Å²) >= 11 is 0. The molecule has 12 heteroatoms.